The number of nitriles is 1. The average molecular weight is 543 g/mol. The summed E-state index contributed by atoms with van der Waals surface area (Å²) < 4.78 is 44.0. The molecule has 0 bridgehead atoms. The van der Waals surface area contributed by atoms with Crippen molar-refractivity contribution < 1.29 is 27.4 Å². The van der Waals surface area contributed by atoms with Crippen molar-refractivity contribution in [3.05, 3.63) is 58.7 Å². The fraction of sp³-hybridized carbons (Fsp3) is 0.280. The van der Waals surface area contributed by atoms with Crippen LogP contribution in [0.25, 0.3) is 6.08 Å². The maximum atomic E-state index is 12.5. The number of hydrogen-bond acceptors (Lipinski definition) is 10. The van der Waals surface area contributed by atoms with E-state index in [2.05, 4.69) is 14.7 Å². The fourth-order valence-electron chi connectivity index (χ4n) is 3.01. The van der Waals surface area contributed by atoms with Crippen molar-refractivity contribution in [2.75, 3.05) is 31.4 Å². The zero-order chi connectivity index (χ0) is 27.0. The molecule has 0 saturated heterocycles. The summed E-state index contributed by atoms with van der Waals surface area (Å²) in [5.74, 6) is 0.955. The van der Waals surface area contributed by atoms with Gasteiger partial charge in [0.25, 0.3) is 11.1 Å². The van der Waals surface area contributed by atoms with Gasteiger partial charge in [-0.05, 0) is 67.8 Å². The molecule has 0 fully saturated rings. The Morgan fingerprint density at radius 1 is 1.08 bits per heavy atom. The maximum Gasteiger partial charge on any atom is 0.268 e. The van der Waals surface area contributed by atoms with E-state index in [0.717, 1.165) is 17.6 Å². The van der Waals surface area contributed by atoms with Crippen LogP contribution in [0.3, 0.4) is 0 Å². The first-order valence-corrected chi connectivity index (χ1v) is 13.8. The molecule has 0 saturated carbocycles. The Bertz CT molecular complexity index is 1460. The van der Waals surface area contributed by atoms with E-state index in [1.54, 1.807) is 18.2 Å². The van der Waals surface area contributed by atoms with Gasteiger partial charge in [0, 0.05) is 17.8 Å². The number of rotatable bonds is 11. The van der Waals surface area contributed by atoms with Crippen LogP contribution < -0.4 is 19.5 Å². The number of sulfone groups is 1. The molecule has 0 spiro atoms. The lowest BCUT2D eigenvalue weighted by Crippen LogP contribution is -2.13. The average Bonchev–Trinajstić information content (AvgIpc) is 3.32. The van der Waals surface area contributed by atoms with Gasteiger partial charge in [0.15, 0.2) is 11.5 Å². The molecule has 3 aromatic rings. The minimum atomic E-state index is -3.61. The second-order valence-corrected chi connectivity index (χ2v) is 10.5. The number of aryl methyl sites for hydroxylation is 2. The van der Waals surface area contributed by atoms with Crippen LogP contribution in [-0.4, -0.2) is 49.8 Å². The van der Waals surface area contributed by atoms with E-state index in [0.29, 0.717) is 41.8 Å². The van der Waals surface area contributed by atoms with E-state index < -0.39 is 20.9 Å². The number of carbonyl (C=O) groups excluding carboxylic acids is 1. The number of nitrogens with one attached hydrogen (secondary N) is 1. The molecular formula is C25H26N4O6S2. The minimum Gasteiger partial charge on any atom is -0.490 e. The summed E-state index contributed by atoms with van der Waals surface area (Å²) in [5.41, 5.74) is 2.66. The second kappa shape index (κ2) is 12.3. The first-order chi connectivity index (χ1) is 17.6. The third-order valence-corrected chi connectivity index (χ3v) is 6.58. The minimum absolute atomic E-state index is 0.0339. The van der Waals surface area contributed by atoms with Crippen LogP contribution in [0.4, 0.5) is 5.13 Å². The predicted molar refractivity (Wildman–Crippen MR) is 140 cm³/mol. The van der Waals surface area contributed by atoms with Crippen LogP contribution in [0, 0.1) is 25.2 Å². The summed E-state index contributed by atoms with van der Waals surface area (Å²) >= 11 is 0.703. The summed E-state index contributed by atoms with van der Waals surface area (Å²) in [5, 5.41) is 11.5. The number of hydrogen-bond donors (Lipinski definition) is 1. The van der Waals surface area contributed by atoms with Crippen LogP contribution in [0.1, 0.15) is 23.6 Å². The van der Waals surface area contributed by atoms with Gasteiger partial charge in [0.2, 0.25) is 15.0 Å². The summed E-state index contributed by atoms with van der Waals surface area (Å²) in [6.45, 7) is 6.89. The molecule has 0 radical (unpaired) electrons. The molecule has 2 aromatic carbocycles. The van der Waals surface area contributed by atoms with Gasteiger partial charge in [-0.2, -0.15) is 14.6 Å². The van der Waals surface area contributed by atoms with Crippen molar-refractivity contribution >= 4 is 38.5 Å². The second-order valence-electron chi connectivity index (χ2n) is 7.86. The van der Waals surface area contributed by atoms with Crippen molar-refractivity contribution in [1.82, 2.24) is 9.36 Å². The summed E-state index contributed by atoms with van der Waals surface area (Å²) in [6, 6.07) is 12.7. The number of anilines is 1. The number of carbonyl (C=O) groups is 1. The van der Waals surface area contributed by atoms with Crippen LogP contribution in [-0.2, 0) is 14.6 Å². The molecule has 37 heavy (non-hydrogen) atoms. The van der Waals surface area contributed by atoms with E-state index >= 15 is 0 Å². The summed E-state index contributed by atoms with van der Waals surface area (Å²) in [6.07, 6.45) is 2.34. The first kappa shape index (κ1) is 27.6. The normalized spacial score (nSPS) is 11.5. The highest BCUT2D eigenvalue weighted by molar-refractivity contribution is 7.90. The van der Waals surface area contributed by atoms with Gasteiger partial charge in [0.1, 0.15) is 30.6 Å². The van der Waals surface area contributed by atoms with Crippen molar-refractivity contribution in [1.29, 1.82) is 5.26 Å². The molecular weight excluding hydrogens is 516 g/mol. The predicted octanol–water partition coefficient (Wildman–Crippen LogP) is 3.96. The first-order valence-electron chi connectivity index (χ1n) is 11.2. The highest BCUT2D eigenvalue weighted by Gasteiger charge is 2.18. The quantitative estimate of drug-likeness (QED) is 0.216. The van der Waals surface area contributed by atoms with Gasteiger partial charge in [-0.15, -0.1) is 0 Å². The Balaban J connectivity index is 1.67. The van der Waals surface area contributed by atoms with Gasteiger partial charge in [0.05, 0.1) is 6.61 Å². The molecule has 1 aromatic heterocycles. The third kappa shape index (κ3) is 7.77. The molecule has 3 rings (SSSR count). The Hall–Kier alpha value is -3.95. The Morgan fingerprint density at radius 2 is 1.84 bits per heavy atom. The van der Waals surface area contributed by atoms with E-state index in [1.165, 1.54) is 11.6 Å². The van der Waals surface area contributed by atoms with Crippen molar-refractivity contribution in [3.8, 4) is 23.3 Å². The zero-order valence-electron chi connectivity index (χ0n) is 20.8. The smallest absolute Gasteiger partial charge is 0.268 e. The van der Waals surface area contributed by atoms with Crippen LogP contribution in [0.2, 0.25) is 0 Å². The molecule has 0 aliphatic heterocycles. The zero-order valence-corrected chi connectivity index (χ0v) is 22.4. The Morgan fingerprint density at radius 3 is 2.49 bits per heavy atom. The van der Waals surface area contributed by atoms with E-state index in [9.17, 15) is 18.5 Å². The van der Waals surface area contributed by atoms with Crippen molar-refractivity contribution in [3.63, 3.8) is 0 Å². The highest BCUT2D eigenvalue weighted by Crippen LogP contribution is 2.29. The number of amides is 1. The molecule has 1 N–H and O–H groups in total. The largest absolute Gasteiger partial charge is 0.490 e. The number of aromatic nitrogens is 2. The Labute approximate surface area is 219 Å². The topological polar surface area (TPSA) is 140 Å². The molecule has 1 amide bonds. The van der Waals surface area contributed by atoms with E-state index in [4.69, 9.17) is 14.2 Å². The van der Waals surface area contributed by atoms with Gasteiger partial charge in [-0.1, -0.05) is 12.1 Å². The summed E-state index contributed by atoms with van der Waals surface area (Å²) in [7, 11) is -3.61. The van der Waals surface area contributed by atoms with E-state index in [1.807, 2.05) is 45.0 Å². The molecule has 0 aliphatic rings. The standard InChI is InChI=1S/C25H26N4O6S2/c1-5-33-22-14-18(7-9-21(22)35-11-10-34-20-8-6-16(2)17(3)12-20)13-19(15-26)23(30)27-24-28-25(29-36-24)37(4,31)32/h6-9,12-14H,5,10-11H2,1-4H3,(H,27,28,29,30)/b19-13-. The van der Waals surface area contributed by atoms with Gasteiger partial charge in [-0.25, -0.2) is 8.42 Å². The molecule has 1 heterocycles. The monoisotopic (exact) mass is 542 g/mol. The summed E-state index contributed by atoms with van der Waals surface area (Å²) in [4.78, 5) is 16.3. The molecule has 0 atom stereocenters. The van der Waals surface area contributed by atoms with Gasteiger partial charge < -0.3 is 14.2 Å². The molecule has 194 valence electrons. The lowest BCUT2D eigenvalue weighted by molar-refractivity contribution is -0.112. The molecule has 0 aliphatic carbocycles. The van der Waals surface area contributed by atoms with E-state index in [-0.39, 0.29) is 17.3 Å². The lowest BCUT2D eigenvalue weighted by atomic mass is 10.1. The van der Waals surface area contributed by atoms with Crippen LogP contribution >= 0.6 is 11.5 Å². The van der Waals surface area contributed by atoms with Gasteiger partial charge >= 0.3 is 0 Å². The third-order valence-electron chi connectivity index (χ3n) is 4.99. The highest BCUT2D eigenvalue weighted by atomic mass is 32.2. The molecule has 0 unspecified atom stereocenters. The number of benzene rings is 2. The number of ether oxygens (including phenoxy) is 3. The van der Waals surface area contributed by atoms with Crippen LogP contribution in [0.15, 0.2) is 47.1 Å². The molecule has 12 heteroatoms. The lowest BCUT2D eigenvalue weighted by Gasteiger charge is -2.13. The van der Waals surface area contributed by atoms with Crippen molar-refractivity contribution in [2.45, 2.75) is 25.9 Å². The fourth-order valence-corrected chi connectivity index (χ4v) is 4.45. The maximum absolute atomic E-state index is 12.5. The Kier molecular flexibility index (Phi) is 9.21. The van der Waals surface area contributed by atoms with Gasteiger partial charge in [-0.3, -0.25) is 10.1 Å². The van der Waals surface area contributed by atoms with Crippen LogP contribution in [0.5, 0.6) is 17.2 Å². The SMILES string of the molecule is CCOc1cc(/C=C(/C#N)C(=O)Nc2nc(S(C)(=O)=O)ns2)ccc1OCCOc1ccc(C)c(C)c1. The molecule has 10 nitrogen and oxygen atoms in total. The number of nitrogens with zero attached hydrogens (tertiary/aromatic N) is 3. The van der Waals surface area contributed by atoms with Crippen molar-refractivity contribution in [2.24, 2.45) is 0 Å².